The molecule has 0 fully saturated rings. The SMILES string of the molecule is CCOC(=O)c1ccc(NS(=O)(=O)c2ccc3c(c2)N(C(C)=O)CCO3)cc1. The van der Waals surface area contributed by atoms with Crippen LogP contribution in [0.4, 0.5) is 11.4 Å². The fourth-order valence-electron chi connectivity index (χ4n) is 2.79. The van der Waals surface area contributed by atoms with Crippen LogP contribution in [0.5, 0.6) is 5.75 Å². The summed E-state index contributed by atoms with van der Waals surface area (Å²) in [6.45, 7) is 4.09. The van der Waals surface area contributed by atoms with Gasteiger partial charge in [-0.25, -0.2) is 13.2 Å². The summed E-state index contributed by atoms with van der Waals surface area (Å²) in [7, 11) is -3.90. The number of sulfonamides is 1. The zero-order valence-electron chi connectivity index (χ0n) is 15.5. The number of benzene rings is 2. The average molecular weight is 404 g/mol. The first-order chi connectivity index (χ1) is 13.3. The van der Waals surface area contributed by atoms with Gasteiger partial charge in [0.1, 0.15) is 12.4 Å². The van der Waals surface area contributed by atoms with Crippen LogP contribution in [0, 0.1) is 0 Å². The third-order valence-electron chi connectivity index (χ3n) is 4.13. The van der Waals surface area contributed by atoms with Crippen molar-refractivity contribution < 1.29 is 27.5 Å². The number of rotatable bonds is 5. The lowest BCUT2D eigenvalue weighted by molar-refractivity contribution is -0.116. The molecular formula is C19H20N2O6S. The van der Waals surface area contributed by atoms with E-state index in [-0.39, 0.29) is 17.4 Å². The Bertz CT molecular complexity index is 1000. The molecule has 2 aromatic rings. The second-order valence-electron chi connectivity index (χ2n) is 6.05. The lowest BCUT2D eigenvalue weighted by Gasteiger charge is -2.29. The van der Waals surface area contributed by atoms with Gasteiger partial charge in [-0.3, -0.25) is 9.52 Å². The van der Waals surface area contributed by atoms with Crippen LogP contribution in [-0.2, 0) is 19.6 Å². The van der Waals surface area contributed by atoms with Crippen LogP contribution in [0.15, 0.2) is 47.4 Å². The minimum atomic E-state index is -3.90. The highest BCUT2D eigenvalue weighted by Gasteiger charge is 2.24. The number of nitrogens with one attached hydrogen (secondary N) is 1. The summed E-state index contributed by atoms with van der Waals surface area (Å²) in [5.74, 6) is -0.211. The standard InChI is InChI=1S/C19H20N2O6S/c1-3-26-19(23)14-4-6-15(7-5-14)20-28(24,25)16-8-9-18-17(12-16)21(13(2)22)10-11-27-18/h4-9,12,20H,3,10-11H2,1-2H3. The number of ether oxygens (including phenoxy) is 2. The minimum Gasteiger partial charge on any atom is -0.490 e. The molecule has 1 N–H and O–H groups in total. The van der Waals surface area contributed by atoms with Gasteiger partial charge in [-0.15, -0.1) is 0 Å². The number of amides is 1. The highest BCUT2D eigenvalue weighted by molar-refractivity contribution is 7.92. The topological polar surface area (TPSA) is 102 Å². The van der Waals surface area contributed by atoms with Crippen LogP contribution < -0.4 is 14.4 Å². The molecule has 1 heterocycles. The third kappa shape index (κ3) is 4.09. The van der Waals surface area contributed by atoms with E-state index in [0.717, 1.165) is 0 Å². The summed E-state index contributed by atoms with van der Waals surface area (Å²) in [6, 6.07) is 10.3. The first kappa shape index (κ1) is 19.7. The van der Waals surface area contributed by atoms with Crippen molar-refractivity contribution in [3.63, 3.8) is 0 Å². The van der Waals surface area contributed by atoms with Crippen molar-refractivity contribution in [2.24, 2.45) is 0 Å². The quantitative estimate of drug-likeness (QED) is 0.768. The van der Waals surface area contributed by atoms with E-state index in [4.69, 9.17) is 9.47 Å². The first-order valence-corrected chi connectivity index (χ1v) is 10.1. The molecule has 0 unspecified atom stereocenters. The third-order valence-corrected chi connectivity index (χ3v) is 5.51. The smallest absolute Gasteiger partial charge is 0.338 e. The van der Waals surface area contributed by atoms with Gasteiger partial charge in [-0.05, 0) is 49.4 Å². The van der Waals surface area contributed by atoms with Crippen molar-refractivity contribution in [2.45, 2.75) is 18.7 Å². The summed E-state index contributed by atoms with van der Waals surface area (Å²) >= 11 is 0. The zero-order valence-corrected chi connectivity index (χ0v) is 16.3. The summed E-state index contributed by atoms with van der Waals surface area (Å²) in [4.78, 5) is 25.0. The lowest BCUT2D eigenvalue weighted by Crippen LogP contribution is -2.36. The Hall–Kier alpha value is -3.07. The van der Waals surface area contributed by atoms with Gasteiger partial charge in [0.05, 0.1) is 29.3 Å². The molecule has 0 atom stereocenters. The Kier molecular flexibility index (Phi) is 5.55. The molecule has 1 aliphatic rings. The minimum absolute atomic E-state index is 0.00234. The molecule has 9 heteroatoms. The van der Waals surface area contributed by atoms with E-state index in [9.17, 15) is 18.0 Å². The number of carbonyl (C=O) groups excluding carboxylic acids is 2. The maximum atomic E-state index is 12.7. The maximum Gasteiger partial charge on any atom is 0.338 e. The predicted octanol–water partition coefficient (Wildman–Crippen LogP) is 2.41. The molecular weight excluding hydrogens is 384 g/mol. The van der Waals surface area contributed by atoms with E-state index in [1.165, 1.54) is 54.3 Å². The van der Waals surface area contributed by atoms with Crippen LogP contribution >= 0.6 is 0 Å². The molecule has 0 saturated carbocycles. The molecule has 0 aromatic heterocycles. The molecule has 0 saturated heterocycles. The van der Waals surface area contributed by atoms with Crippen LogP contribution in [-0.4, -0.2) is 40.1 Å². The number of esters is 1. The highest BCUT2D eigenvalue weighted by atomic mass is 32.2. The van der Waals surface area contributed by atoms with Crippen molar-refractivity contribution in [1.29, 1.82) is 0 Å². The van der Waals surface area contributed by atoms with Gasteiger partial charge in [0, 0.05) is 12.6 Å². The number of hydrogen-bond donors (Lipinski definition) is 1. The molecule has 28 heavy (non-hydrogen) atoms. The van der Waals surface area contributed by atoms with Crippen LogP contribution in [0.1, 0.15) is 24.2 Å². The second kappa shape index (κ2) is 7.89. The highest BCUT2D eigenvalue weighted by Crippen LogP contribution is 2.34. The van der Waals surface area contributed by atoms with Gasteiger partial charge in [0.25, 0.3) is 10.0 Å². The number of hydrogen-bond acceptors (Lipinski definition) is 6. The van der Waals surface area contributed by atoms with Crippen molar-refractivity contribution in [3.05, 3.63) is 48.0 Å². The molecule has 0 bridgehead atoms. The van der Waals surface area contributed by atoms with Gasteiger partial charge >= 0.3 is 5.97 Å². The van der Waals surface area contributed by atoms with Gasteiger partial charge in [-0.2, -0.15) is 0 Å². The van der Waals surface area contributed by atoms with Crippen molar-refractivity contribution in [2.75, 3.05) is 29.4 Å². The van der Waals surface area contributed by atoms with Crippen molar-refractivity contribution >= 4 is 33.3 Å². The van der Waals surface area contributed by atoms with Crippen molar-refractivity contribution in [1.82, 2.24) is 0 Å². The molecule has 0 aliphatic carbocycles. The van der Waals surface area contributed by atoms with Gasteiger partial charge in [-0.1, -0.05) is 0 Å². The van der Waals surface area contributed by atoms with Gasteiger partial charge in [0.15, 0.2) is 0 Å². The molecule has 2 aromatic carbocycles. The van der Waals surface area contributed by atoms with Gasteiger partial charge in [0.2, 0.25) is 5.91 Å². The van der Waals surface area contributed by atoms with E-state index in [1.54, 1.807) is 6.92 Å². The van der Waals surface area contributed by atoms with E-state index in [1.807, 2.05) is 0 Å². The molecule has 8 nitrogen and oxygen atoms in total. The first-order valence-electron chi connectivity index (χ1n) is 8.67. The molecule has 0 radical (unpaired) electrons. The molecule has 1 amide bonds. The summed E-state index contributed by atoms with van der Waals surface area (Å²) in [5.41, 5.74) is 1.04. The molecule has 148 valence electrons. The number of fused-ring (bicyclic) bond motifs is 1. The summed E-state index contributed by atoms with van der Waals surface area (Å²) < 4.78 is 38.3. The van der Waals surface area contributed by atoms with Crippen LogP contribution in [0.3, 0.4) is 0 Å². The fourth-order valence-corrected chi connectivity index (χ4v) is 3.87. The van der Waals surface area contributed by atoms with E-state index in [0.29, 0.717) is 35.8 Å². The maximum absolute atomic E-state index is 12.7. The number of nitrogens with zero attached hydrogens (tertiary/aromatic N) is 1. The lowest BCUT2D eigenvalue weighted by atomic mass is 10.2. The zero-order chi connectivity index (χ0) is 20.3. The average Bonchev–Trinajstić information content (AvgIpc) is 2.67. The van der Waals surface area contributed by atoms with E-state index >= 15 is 0 Å². The predicted molar refractivity (Wildman–Crippen MR) is 103 cm³/mol. The van der Waals surface area contributed by atoms with Crippen LogP contribution in [0.25, 0.3) is 0 Å². The Balaban J connectivity index is 1.84. The number of anilines is 2. The Morgan fingerprint density at radius 1 is 1.18 bits per heavy atom. The normalized spacial score (nSPS) is 13.3. The Morgan fingerprint density at radius 3 is 2.54 bits per heavy atom. The van der Waals surface area contributed by atoms with Crippen LogP contribution in [0.2, 0.25) is 0 Å². The Labute approximate surface area is 163 Å². The van der Waals surface area contributed by atoms with E-state index in [2.05, 4.69) is 4.72 Å². The fraction of sp³-hybridized carbons (Fsp3) is 0.263. The van der Waals surface area contributed by atoms with Crippen molar-refractivity contribution in [3.8, 4) is 5.75 Å². The summed E-state index contributed by atoms with van der Waals surface area (Å²) in [6.07, 6.45) is 0. The van der Waals surface area contributed by atoms with E-state index < -0.39 is 16.0 Å². The molecule has 3 rings (SSSR count). The largest absolute Gasteiger partial charge is 0.490 e. The molecule has 0 spiro atoms. The molecule has 1 aliphatic heterocycles. The Morgan fingerprint density at radius 2 is 1.89 bits per heavy atom. The summed E-state index contributed by atoms with van der Waals surface area (Å²) in [5, 5.41) is 0. The second-order valence-corrected chi connectivity index (χ2v) is 7.73. The monoisotopic (exact) mass is 404 g/mol. The number of carbonyl (C=O) groups is 2. The van der Waals surface area contributed by atoms with Gasteiger partial charge < -0.3 is 14.4 Å².